The van der Waals surface area contributed by atoms with E-state index in [-0.39, 0.29) is 0 Å². The molecule has 3 rings (SSSR count). The van der Waals surface area contributed by atoms with E-state index in [0.717, 1.165) is 21.8 Å². The van der Waals surface area contributed by atoms with E-state index in [9.17, 15) is 0 Å². The van der Waals surface area contributed by atoms with E-state index in [4.69, 9.17) is 0 Å². The molecule has 0 spiro atoms. The molecule has 4 nitrogen and oxygen atoms in total. The monoisotopic (exact) mass is 182 g/mol. The van der Waals surface area contributed by atoms with Gasteiger partial charge in [0.15, 0.2) is 0 Å². The first-order valence-corrected chi connectivity index (χ1v) is 4.23. The quantitative estimate of drug-likeness (QED) is 0.495. The van der Waals surface area contributed by atoms with Crippen LogP contribution in [0.3, 0.4) is 0 Å². The average Bonchev–Trinajstić information content (AvgIpc) is 2.29. The number of hydrogen-bond donors (Lipinski definition) is 0. The molecule has 0 amide bonds. The van der Waals surface area contributed by atoms with Crippen LogP contribution in [0.4, 0.5) is 0 Å². The van der Waals surface area contributed by atoms with Crippen molar-refractivity contribution < 1.29 is 0 Å². The molecule has 2 heterocycles. The molecule has 0 bridgehead atoms. The van der Waals surface area contributed by atoms with Crippen molar-refractivity contribution in [2.45, 2.75) is 0 Å². The Morgan fingerprint density at radius 2 is 1.71 bits per heavy atom. The zero-order valence-corrected chi connectivity index (χ0v) is 7.25. The number of hydrogen-bond acceptors (Lipinski definition) is 4. The van der Waals surface area contributed by atoms with E-state index < -0.39 is 0 Å². The van der Waals surface area contributed by atoms with Crippen LogP contribution in [0.15, 0.2) is 37.2 Å². The van der Waals surface area contributed by atoms with Crippen molar-refractivity contribution in [2.75, 3.05) is 0 Å². The molecule has 0 atom stereocenters. The van der Waals surface area contributed by atoms with E-state index in [0.29, 0.717) is 0 Å². The second-order valence-corrected chi connectivity index (χ2v) is 2.98. The maximum absolute atomic E-state index is 4.22. The van der Waals surface area contributed by atoms with E-state index in [1.807, 2.05) is 12.1 Å². The van der Waals surface area contributed by atoms with Crippen molar-refractivity contribution in [3.8, 4) is 0 Å². The first-order chi connectivity index (χ1) is 6.95. The number of nitrogens with zero attached hydrogens (tertiary/aromatic N) is 4. The standard InChI is InChI=1S/C10H6N4/c1-2-9-8(4-12-5-13-9)10-7(1)3-11-6-14-10/h1-6H. The van der Waals surface area contributed by atoms with Crippen LogP contribution in [-0.2, 0) is 0 Å². The van der Waals surface area contributed by atoms with Crippen LogP contribution in [0.2, 0.25) is 0 Å². The molecule has 0 saturated carbocycles. The van der Waals surface area contributed by atoms with Crippen molar-refractivity contribution in [1.82, 2.24) is 19.9 Å². The van der Waals surface area contributed by atoms with Crippen LogP contribution in [0.25, 0.3) is 21.8 Å². The normalized spacial score (nSPS) is 10.9. The summed E-state index contributed by atoms with van der Waals surface area (Å²) in [6.07, 6.45) is 6.64. The summed E-state index contributed by atoms with van der Waals surface area (Å²) in [5, 5.41) is 1.97. The molecule has 66 valence electrons. The van der Waals surface area contributed by atoms with Crippen LogP contribution in [-0.4, -0.2) is 19.9 Å². The molecule has 1 aromatic carbocycles. The molecule has 14 heavy (non-hydrogen) atoms. The zero-order valence-electron chi connectivity index (χ0n) is 7.25. The lowest BCUT2D eigenvalue weighted by atomic mass is 10.2. The molecule has 0 radical (unpaired) electrons. The fourth-order valence-electron chi connectivity index (χ4n) is 1.51. The molecule has 0 saturated heterocycles. The van der Waals surface area contributed by atoms with Crippen molar-refractivity contribution >= 4 is 21.8 Å². The van der Waals surface area contributed by atoms with Crippen LogP contribution in [0.5, 0.6) is 0 Å². The van der Waals surface area contributed by atoms with Gasteiger partial charge in [-0.2, -0.15) is 0 Å². The highest BCUT2D eigenvalue weighted by molar-refractivity contribution is 6.02. The molecule has 0 aliphatic rings. The third-order valence-electron chi connectivity index (χ3n) is 2.16. The summed E-state index contributed by atoms with van der Waals surface area (Å²) in [5.41, 5.74) is 1.81. The highest BCUT2D eigenvalue weighted by Gasteiger charge is 2.00. The number of rotatable bonds is 0. The largest absolute Gasteiger partial charge is 0.244 e. The van der Waals surface area contributed by atoms with Gasteiger partial charge in [-0.05, 0) is 12.1 Å². The van der Waals surface area contributed by atoms with Gasteiger partial charge in [0, 0.05) is 23.2 Å². The molecule has 0 unspecified atom stereocenters. The Bertz CT molecular complexity index is 551. The van der Waals surface area contributed by atoms with E-state index >= 15 is 0 Å². The minimum atomic E-state index is 0.901. The minimum absolute atomic E-state index is 0.901. The summed E-state index contributed by atoms with van der Waals surface area (Å²) in [7, 11) is 0. The lowest BCUT2D eigenvalue weighted by Gasteiger charge is -1.99. The second-order valence-electron chi connectivity index (χ2n) is 2.98. The number of fused-ring (bicyclic) bond motifs is 3. The maximum Gasteiger partial charge on any atom is 0.116 e. The summed E-state index contributed by atoms with van der Waals surface area (Å²) in [6.45, 7) is 0. The molecule has 0 N–H and O–H groups in total. The predicted octanol–water partition coefficient (Wildman–Crippen LogP) is 1.57. The summed E-state index contributed by atoms with van der Waals surface area (Å²) in [5.74, 6) is 0. The summed E-state index contributed by atoms with van der Waals surface area (Å²) < 4.78 is 0. The summed E-state index contributed by atoms with van der Waals surface area (Å²) in [4.78, 5) is 16.3. The van der Waals surface area contributed by atoms with Crippen LogP contribution >= 0.6 is 0 Å². The Morgan fingerprint density at radius 1 is 0.857 bits per heavy atom. The Labute approximate surface area is 79.7 Å². The van der Waals surface area contributed by atoms with Crippen molar-refractivity contribution in [1.29, 1.82) is 0 Å². The van der Waals surface area contributed by atoms with Gasteiger partial charge in [-0.25, -0.2) is 19.9 Å². The van der Waals surface area contributed by atoms with E-state index in [1.165, 1.54) is 12.7 Å². The molecule has 2 aromatic heterocycles. The predicted molar refractivity (Wildman–Crippen MR) is 52.6 cm³/mol. The Hall–Kier alpha value is -2.10. The van der Waals surface area contributed by atoms with Gasteiger partial charge < -0.3 is 0 Å². The number of aromatic nitrogens is 4. The van der Waals surface area contributed by atoms with Gasteiger partial charge in [-0.15, -0.1) is 0 Å². The fraction of sp³-hybridized carbons (Fsp3) is 0. The Kier molecular flexibility index (Phi) is 1.41. The highest BCUT2D eigenvalue weighted by Crippen LogP contribution is 2.19. The fourth-order valence-corrected chi connectivity index (χ4v) is 1.51. The second kappa shape index (κ2) is 2.70. The molecule has 0 aliphatic heterocycles. The third kappa shape index (κ3) is 0.939. The van der Waals surface area contributed by atoms with Gasteiger partial charge in [0.1, 0.15) is 12.7 Å². The average molecular weight is 182 g/mol. The number of benzene rings is 1. The Morgan fingerprint density at radius 3 is 2.71 bits per heavy atom. The molecule has 0 aliphatic carbocycles. The summed E-state index contributed by atoms with van der Waals surface area (Å²) >= 11 is 0. The van der Waals surface area contributed by atoms with Gasteiger partial charge in [0.05, 0.1) is 11.0 Å². The van der Waals surface area contributed by atoms with Crippen LogP contribution in [0.1, 0.15) is 0 Å². The summed E-state index contributed by atoms with van der Waals surface area (Å²) in [6, 6.07) is 3.91. The topological polar surface area (TPSA) is 51.6 Å². The van der Waals surface area contributed by atoms with Gasteiger partial charge >= 0.3 is 0 Å². The van der Waals surface area contributed by atoms with Gasteiger partial charge in [0.2, 0.25) is 0 Å². The molecular weight excluding hydrogens is 176 g/mol. The SMILES string of the molecule is c1ncc2c(ccc3cncnc32)n1. The highest BCUT2D eigenvalue weighted by atomic mass is 14.8. The van der Waals surface area contributed by atoms with E-state index in [2.05, 4.69) is 19.9 Å². The van der Waals surface area contributed by atoms with E-state index in [1.54, 1.807) is 12.4 Å². The molecule has 3 aromatic rings. The lowest BCUT2D eigenvalue weighted by Crippen LogP contribution is -1.86. The first kappa shape index (κ1) is 7.32. The maximum atomic E-state index is 4.22. The minimum Gasteiger partial charge on any atom is -0.244 e. The van der Waals surface area contributed by atoms with Gasteiger partial charge in [-0.3, -0.25) is 0 Å². The Balaban J connectivity index is 2.61. The van der Waals surface area contributed by atoms with Gasteiger partial charge in [0.25, 0.3) is 0 Å². The zero-order chi connectivity index (χ0) is 9.38. The van der Waals surface area contributed by atoms with Crippen LogP contribution in [0, 0.1) is 0 Å². The smallest absolute Gasteiger partial charge is 0.116 e. The van der Waals surface area contributed by atoms with Crippen LogP contribution < -0.4 is 0 Å². The third-order valence-corrected chi connectivity index (χ3v) is 2.16. The first-order valence-electron chi connectivity index (χ1n) is 4.23. The van der Waals surface area contributed by atoms with Crippen molar-refractivity contribution in [2.24, 2.45) is 0 Å². The molecule has 0 fully saturated rings. The lowest BCUT2D eigenvalue weighted by molar-refractivity contribution is 1.20. The van der Waals surface area contributed by atoms with Gasteiger partial charge in [-0.1, -0.05) is 0 Å². The molecular formula is C10H6N4. The van der Waals surface area contributed by atoms with Crippen molar-refractivity contribution in [3.05, 3.63) is 37.2 Å². The van der Waals surface area contributed by atoms with Crippen molar-refractivity contribution in [3.63, 3.8) is 0 Å². The molecule has 4 heteroatoms.